The first kappa shape index (κ1) is 36.4. The number of carboxylic acids is 1. The van der Waals surface area contributed by atoms with Crippen molar-refractivity contribution in [3.63, 3.8) is 0 Å². The largest absolute Gasteiger partial charge is 0.508 e. The Balaban J connectivity index is 1.53. The maximum Gasteiger partial charge on any atom is 0.325 e. The molecule has 8 N–H and O–H groups in total. The highest BCUT2D eigenvalue weighted by molar-refractivity contribution is 5.98. The number of nitrogens with two attached hydrogens (primary N) is 1. The lowest BCUT2D eigenvalue weighted by Crippen LogP contribution is -2.58. The normalized spacial score (nSPS) is 17.1. The molecule has 5 amide bonds. The number of carbonyl (C=O) groups is 6. The van der Waals surface area contributed by atoms with E-state index in [9.17, 15) is 39.0 Å². The molecule has 2 aromatic rings. The Bertz CT molecular complexity index is 1420. The molecule has 1 saturated heterocycles. The summed E-state index contributed by atoms with van der Waals surface area (Å²) in [5.41, 5.74) is 9.38. The number of primary amides is 1. The van der Waals surface area contributed by atoms with Crippen LogP contribution in [0.4, 0.5) is 0 Å². The van der Waals surface area contributed by atoms with Crippen LogP contribution in [-0.4, -0.2) is 94.2 Å². The average Bonchev–Trinajstić information content (AvgIpc) is 3.82. The summed E-state index contributed by atoms with van der Waals surface area (Å²) in [5, 5.41) is 27.5. The molecule has 0 spiro atoms. The van der Waals surface area contributed by atoms with Gasteiger partial charge in [0.2, 0.25) is 11.8 Å². The van der Waals surface area contributed by atoms with Crippen LogP contribution in [0.15, 0.2) is 54.6 Å². The van der Waals surface area contributed by atoms with E-state index in [0.29, 0.717) is 17.1 Å². The molecule has 1 heterocycles. The summed E-state index contributed by atoms with van der Waals surface area (Å²) in [5.74, 6) is -5.60. The number of phenolic OH excluding ortho intramolecular Hbond substituents is 1. The van der Waals surface area contributed by atoms with Gasteiger partial charge in [-0.25, -0.2) is 5.01 Å². The molecule has 0 saturated carbocycles. The molecule has 0 radical (unpaired) electrons. The molecule has 1 aliphatic heterocycles. The number of nitrogens with one attached hydrogen (secondary N) is 4. The molecule has 5 atom stereocenters. The van der Waals surface area contributed by atoms with E-state index in [2.05, 4.69) is 21.4 Å². The number of hydrogen-bond donors (Lipinski definition) is 7. The molecule has 1 fully saturated rings. The van der Waals surface area contributed by atoms with E-state index in [1.54, 1.807) is 12.1 Å². The summed E-state index contributed by atoms with van der Waals surface area (Å²) < 4.78 is 5.18. The standard InChI is InChI=1S/C32H42N6O9/c1-18(2)25(34-15-7-10-20-8-5-4-6-9-20)30(44)35-19(3)29(43)37-38(17-24(40)41)32(46)27-26(47-27)31(45)36-23(28(33)42)16-21-11-13-22(39)14-12-21/h4-6,8-9,11-14,18-19,23,25-27,34,39H,7,10,15-17H2,1-3H3,(H2,33,42)(H,35,44)(H,36,45)(H,37,43)(H,40,41)/t19-,23-,25-,26+,27+/m0/s1. The highest BCUT2D eigenvalue weighted by atomic mass is 16.6. The summed E-state index contributed by atoms with van der Waals surface area (Å²) in [4.78, 5) is 75.2. The molecular weight excluding hydrogens is 612 g/mol. The zero-order valence-electron chi connectivity index (χ0n) is 26.5. The van der Waals surface area contributed by atoms with Gasteiger partial charge in [0.05, 0.1) is 6.04 Å². The van der Waals surface area contributed by atoms with Crippen LogP contribution in [0.1, 0.15) is 38.3 Å². The predicted molar refractivity (Wildman–Crippen MR) is 168 cm³/mol. The monoisotopic (exact) mass is 654 g/mol. The van der Waals surface area contributed by atoms with Gasteiger partial charge < -0.3 is 36.6 Å². The zero-order valence-corrected chi connectivity index (χ0v) is 26.5. The van der Waals surface area contributed by atoms with Crippen molar-refractivity contribution in [2.75, 3.05) is 13.1 Å². The number of carbonyl (C=O) groups excluding carboxylic acids is 5. The Morgan fingerprint density at radius 1 is 0.894 bits per heavy atom. The highest BCUT2D eigenvalue weighted by Gasteiger charge is 2.53. The second kappa shape index (κ2) is 17.1. The Morgan fingerprint density at radius 3 is 2.15 bits per heavy atom. The smallest absolute Gasteiger partial charge is 0.325 e. The van der Waals surface area contributed by atoms with E-state index in [1.807, 2.05) is 44.2 Å². The summed E-state index contributed by atoms with van der Waals surface area (Å²) >= 11 is 0. The van der Waals surface area contributed by atoms with Crippen molar-refractivity contribution in [1.82, 2.24) is 26.4 Å². The maximum absolute atomic E-state index is 13.1. The minimum absolute atomic E-state index is 0.00162. The highest BCUT2D eigenvalue weighted by Crippen LogP contribution is 2.24. The number of aliphatic carboxylic acids is 1. The molecule has 47 heavy (non-hydrogen) atoms. The fraction of sp³-hybridized carbons (Fsp3) is 0.438. The van der Waals surface area contributed by atoms with Crippen LogP contribution < -0.4 is 27.1 Å². The lowest BCUT2D eigenvalue weighted by atomic mass is 10.0. The maximum atomic E-state index is 13.1. The number of benzene rings is 2. The van der Waals surface area contributed by atoms with Gasteiger partial charge in [0.25, 0.3) is 17.7 Å². The summed E-state index contributed by atoms with van der Waals surface area (Å²) in [6.45, 7) is 4.69. The van der Waals surface area contributed by atoms with Gasteiger partial charge >= 0.3 is 5.97 Å². The molecule has 15 heteroatoms. The molecule has 0 unspecified atom stereocenters. The van der Waals surface area contributed by atoms with Gasteiger partial charge in [-0.2, -0.15) is 0 Å². The van der Waals surface area contributed by atoms with E-state index in [4.69, 9.17) is 10.5 Å². The number of amides is 5. The molecule has 254 valence electrons. The third-order valence-corrected chi connectivity index (χ3v) is 7.38. The number of nitrogens with zero attached hydrogens (tertiary/aromatic N) is 1. The van der Waals surface area contributed by atoms with Crippen molar-refractivity contribution < 1.29 is 43.7 Å². The van der Waals surface area contributed by atoms with Crippen LogP contribution in [0.2, 0.25) is 0 Å². The Labute approximate surface area is 272 Å². The average molecular weight is 655 g/mol. The van der Waals surface area contributed by atoms with Gasteiger partial charge in [-0.05, 0) is 55.5 Å². The van der Waals surface area contributed by atoms with E-state index in [-0.39, 0.29) is 18.1 Å². The van der Waals surface area contributed by atoms with Gasteiger partial charge in [0.15, 0.2) is 12.2 Å². The molecule has 0 aliphatic carbocycles. The second-order valence-corrected chi connectivity index (χ2v) is 11.6. The lowest BCUT2D eigenvalue weighted by Gasteiger charge is -2.26. The number of hydrogen-bond acceptors (Lipinski definition) is 9. The van der Waals surface area contributed by atoms with Crippen molar-refractivity contribution >= 4 is 35.5 Å². The number of rotatable bonds is 17. The lowest BCUT2D eigenvalue weighted by molar-refractivity contribution is -0.151. The van der Waals surface area contributed by atoms with E-state index in [1.165, 1.54) is 24.6 Å². The molecular formula is C32H42N6O9. The number of aryl methyl sites for hydroxylation is 1. The minimum atomic E-state index is -1.46. The van der Waals surface area contributed by atoms with Gasteiger partial charge in [-0.3, -0.25) is 34.2 Å². The Morgan fingerprint density at radius 2 is 1.55 bits per heavy atom. The van der Waals surface area contributed by atoms with Crippen molar-refractivity contribution in [2.45, 2.75) is 70.4 Å². The topological polar surface area (TPSA) is 233 Å². The third kappa shape index (κ3) is 11.4. The van der Waals surface area contributed by atoms with E-state index in [0.717, 1.165) is 12.8 Å². The van der Waals surface area contributed by atoms with Gasteiger partial charge in [-0.15, -0.1) is 0 Å². The van der Waals surface area contributed by atoms with Crippen LogP contribution >= 0.6 is 0 Å². The first-order valence-electron chi connectivity index (χ1n) is 15.2. The fourth-order valence-corrected chi connectivity index (χ4v) is 4.73. The summed E-state index contributed by atoms with van der Waals surface area (Å²) in [6, 6.07) is 12.9. The van der Waals surface area contributed by atoms with Crippen molar-refractivity contribution in [3.05, 3.63) is 65.7 Å². The number of phenols is 1. The van der Waals surface area contributed by atoms with Crippen LogP contribution in [-0.2, 0) is 46.3 Å². The van der Waals surface area contributed by atoms with Crippen LogP contribution in [0.5, 0.6) is 5.75 Å². The Hall–Kier alpha value is -5.02. The second-order valence-electron chi connectivity index (χ2n) is 11.6. The number of ether oxygens (including phenoxy) is 1. The van der Waals surface area contributed by atoms with Crippen molar-refractivity contribution in [3.8, 4) is 5.75 Å². The number of epoxide rings is 1. The van der Waals surface area contributed by atoms with Gasteiger partial charge in [0, 0.05) is 6.42 Å². The predicted octanol–water partition coefficient (Wildman–Crippen LogP) is -0.632. The molecule has 0 bridgehead atoms. The Kier molecular flexibility index (Phi) is 13.2. The van der Waals surface area contributed by atoms with Crippen LogP contribution in [0, 0.1) is 5.92 Å². The molecule has 2 aromatic carbocycles. The first-order chi connectivity index (χ1) is 22.3. The first-order valence-corrected chi connectivity index (χ1v) is 15.2. The SMILES string of the molecule is CC(C)[C@H](NCCCc1ccccc1)C(=O)N[C@@H](C)C(=O)NN(CC(=O)O)C(=O)[C@@H]1O[C@H]1C(=O)N[C@@H](Cc1ccc(O)cc1)C(N)=O. The molecule has 15 nitrogen and oxygen atoms in total. The minimum Gasteiger partial charge on any atom is -0.508 e. The number of aromatic hydroxyl groups is 1. The fourth-order valence-electron chi connectivity index (χ4n) is 4.73. The summed E-state index contributed by atoms with van der Waals surface area (Å²) in [7, 11) is 0. The van der Waals surface area contributed by atoms with Crippen molar-refractivity contribution in [2.24, 2.45) is 11.7 Å². The number of carboxylic acid groups (broad SMARTS) is 1. The van der Waals surface area contributed by atoms with Gasteiger partial charge in [-0.1, -0.05) is 56.3 Å². The zero-order chi connectivity index (χ0) is 34.7. The van der Waals surface area contributed by atoms with E-state index < -0.39 is 72.4 Å². The van der Waals surface area contributed by atoms with Crippen molar-refractivity contribution in [1.29, 1.82) is 0 Å². The van der Waals surface area contributed by atoms with Crippen LogP contribution in [0.3, 0.4) is 0 Å². The molecule has 1 aliphatic rings. The quantitative estimate of drug-likeness (QED) is 0.0648. The van der Waals surface area contributed by atoms with Crippen LogP contribution in [0.25, 0.3) is 0 Å². The number of hydrazine groups is 1. The third-order valence-electron chi connectivity index (χ3n) is 7.38. The summed E-state index contributed by atoms with van der Waals surface area (Å²) in [6.07, 6.45) is -1.20. The van der Waals surface area contributed by atoms with E-state index >= 15 is 0 Å². The van der Waals surface area contributed by atoms with Gasteiger partial charge in [0.1, 0.15) is 24.4 Å². The molecule has 3 rings (SSSR count). The molecule has 0 aromatic heterocycles.